The molecule has 2 amide bonds. The molecule has 25 heavy (non-hydrogen) atoms. The summed E-state index contributed by atoms with van der Waals surface area (Å²) in [7, 11) is 1.52. The van der Waals surface area contributed by atoms with Crippen LogP contribution >= 0.6 is 11.6 Å². The molecule has 0 radical (unpaired) electrons. The highest BCUT2D eigenvalue weighted by molar-refractivity contribution is 6.32. The number of hydrogen-bond donors (Lipinski definition) is 1. The van der Waals surface area contributed by atoms with Crippen LogP contribution in [0.25, 0.3) is 0 Å². The maximum Gasteiger partial charge on any atom is 0.255 e. The van der Waals surface area contributed by atoms with Crippen LogP contribution in [0.2, 0.25) is 5.02 Å². The second-order valence-corrected chi connectivity index (χ2v) is 6.26. The normalized spacial score (nSPS) is 13.6. The minimum Gasteiger partial charge on any atom is -0.495 e. The van der Waals surface area contributed by atoms with Crippen molar-refractivity contribution in [2.45, 2.75) is 12.8 Å². The lowest BCUT2D eigenvalue weighted by Crippen LogP contribution is -2.28. The molecule has 2 aromatic carbocycles. The maximum absolute atomic E-state index is 12.7. The van der Waals surface area contributed by atoms with Crippen molar-refractivity contribution in [2.75, 3.05) is 25.5 Å². The van der Waals surface area contributed by atoms with Crippen molar-refractivity contribution in [3.8, 4) is 5.75 Å². The molecule has 0 saturated carbocycles. The lowest BCUT2D eigenvalue weighted by Gasteiger charge is -2.18. The van der Waals surface area contributed by atoms with Crippen molar-refractivity contribution in [2.24, 2.45) is 0 Å². The molecule has 5 nitrogen and oxygen atoms in total. The van der Waals surface area contributed by atoms with Crippen molar-refractivity contribution in [1.29, 1.82) is 0 Å². The number of amides is 2. The summed E-state index contributed by atoms with van der Waals surface area (Å²) in [5.74, 6) is 0.121. The van der Waals surface area contributed by atoms with Gasteiger partial charge in [0.15, 0.2) is 0 Å². The van der Waals surface area contributed by atoms with Gasteiger partial charge in [0, 0.05) is 18.7 Å². The number of carbonyl (C=O) groups is 2. The third kappa shape index (κ3) is 3.77. The lowest BCUT2D eigenvalue weighted by molar-refractivity contribution is 0.0794. The van der Waals surface area contributed by atoms with E-state index in [2.05, 4.69) is 5.32 Å². The largest absolute Gasteiger partial charge is 0.495 e. The summed E-state index contributed by atoms with van der Waals surface area (Å²) in [6.45, 7) is 1.52. The zero-order chi connectivity index (χ0) is 17.8. The van der Waals surface area contributed by atoms with E-state index in [4.69, 9.17) is 16.3 Å². The first-order valence-electron chi connectivity index (χ1n) is 8.13. The number of benzene rings is 2. The van der Waals surface area contributed by atoms with Crippen molar-refractivity contribution in [1.82, 2.24) is 4.90 Å². The summed E-state index contributed by atoms with van der Waals surface area (Å²) >= 11 is 6.08. The highest BCUT2D eigenvalue weighted by Gasteiger charge is 2.22. The second kappa shape index (κ2) is 7.57. The molecule has 1 fully saturated rings. The zero-order valence-electron chi connectivity index (χ0n) is 13.9. The monoisotopic (exact) mass is 358 g/mol. The number of carbonyl (C=O) groups excluding carboxylic acids is 2. The molecule has 1 N–H and O–H groups in total. The van der Waals surface area contributed by atoms with Crippen LogP contribution in [0.4, 0.5) is 5.69 Å². The number of para-hydroxylation sites is 1. The molecule has 0 unspecified atom stereocenters. The fourth-order valence-electron chi connectivity index (χ4n) is 2.87. The fourth-order valence-corrected chi connectivity index (χ4v) is 3.13. The Morgan fingerprint density at radius 2 is 1.84 bits per heavy atom. The van der Waals surface area contributed by atoms with E-state index in [0.29, 0.717) is 27.6 Å². The highest BCUT2D eigenvalue weighted by Crippen LogP contribution is 2.26. The summed E-state index contributed by atoms with van der Waals surface area (Å²) in [4.78, 5) is 27.0. The molecular formula is C19H19ClN2O3. The number of ether oxygens (including phenoxy) is 1. The Kier molecular flexibility index (Phi) is 5.24. The van der Waals surface area contributed by atoms with Crippen molar-refractivity contribution in [3.63, 3.8) is 0 Å². The van der Waals surface area contributed by atoms with E-state index >= 15 is 0 Å². The van der Waals surface area contributed by atoms with Gasteiger partial charge in [-0.25, -0.2) is 0 Å². The fraction of sp³-hybridized carbons (Fsp3) is 0.263. The number of hydrogen-bond acceptors (Lipinski definition) is 3. The Hall–Kier alpha value is -2.53. The summed E-state index contributed by atoms with van der Waals surface area (Å²) in [5.41, 5.74) is 1.39. The van der Waals surface area contributed by atoms with Crippen molar-refractivity contribution in [3.05, 3.63) is 58.6 Å². The van der Waals surface area contributed by atoms with E-state index in [-0.39, 0.29) is 11.8 Å². The number of nitrogens with zero attached hydrogens (tertiary/aromatic N) is 1. The van der Waals surface area contributed by atoms with Gasteiger partial charge in [-0.2, -0.15) is 0 Å². The number of halogens is 1. The summed E-state index contributed by atoms with van der Waals surface area (Å²) in [6, 6.07) is 11.9. The molecule has 6 heteroatoms. The smallest absolute Gasteiger partial charge is 0.255 e. The van der Waals surface area contributed by atoms with Crippen LogP contribution in [-0.2, 0) is 0 Å². The number of nitrogens with one attached hydrogen (secondary N) is 1. The molecule has 0 atom stereocenters. The Bertz CT molecular complexity index is 801. The number of rotatable bonds is 4. The average Bonchev–Trinajstić information content (AvgIpc) is 3.16. The van der Waals surface area contributed by atoms with Gasteiger partial charge in [-0.3, -0.25) is 9.59 Å². The van der Waals surface area contributed by atoms with Crippen molar-refractivity contribution >= 4 is 29.1 Å². The van der Waals surface area contributed by atoms with E-state index in [1.54, 1.807) is 42.5 Å². The highest BCUT2D eigenvalue weighted by atomic mass is 35.5. The van der Waals surface area contributed by atoms with Gasteiger partial charge < -0.3 is 15.0 Å². The predicted molar refractivity (Wildman–Crippen MR) is 97.5 cm³/mol. The lowest BCUT2D eigenvalue weighted by atomic mass is 10.1. The predicted octanol–water partition coefficient (Wildman–Crippen LogP) is 3.84. The van der Waals surface area contributed by atoms with Gasteiger partial charge >= 0.3 is 0 Å². The molecule has 1 aliphatic rings. The molecule has 1 heterocycles. The molecule has 0 aliphatic carbocycles. The molecule has 0 bridgehead atoms. The van der Waals surface area contributed by atoms with Crippen LogP contribution in [0.3, 0.4) is 0 Å². The Morgan fingerprint density at radius 3 is 2.52 bits per heavy atom. The minimum atomic E-state index is -0.328. The third-order valence-corrected chi connectivity index (χ3v) is 4.51. The van der Waals surface area contributed by atoms with Crippen molar-refractivity contribution < 1.29 is 14.3 Å². The maximum atomic E-state index is 12.7. The van der Waals surface area contributed by atoms with Gasteiger partial charge in [0.05, 0.1) is 23.4 Å². The molecule has 130 valence electrons. The van der Waals surface area contributed by atoms with Crippen LogP contribution in [-0.4, -0.2) is 36.9 Å². The molecule has 1 saturated heterocycles. The molecule has 0 spiro atoms. The third-order valence-electron chi connectivity index (χ3n) is 4.21. The van der Waals surface area contributed by atoms with E-state index in [1.807, 2.05) is 4.90 Å². The molecule has 2 aromatic rings. The first kappa shape index (κ1) is 17.3. The van der Waals surface area contributed by atoms with Crippen LogP contribution in [0.15, 0.2) is 42.5 Å². The Labute approximate surface area is 151 Å². The summed E-state index contributed by atoms with van der Waals surface area (Å²) in [6.07, 6.45) is 2.04. The number of anilines is 1. The van der Waals surface area contributed by atoms with Gasteiger partial charge in [-0.15, -0.1) is 0 Å². The second-order valence-electron chi connectivity index (χ2n) is 5.85. The van der Waals surface area contributed by atoms with E-state index in [9.17, 15) is 9.59 Å². The van der Waals surface area contributed by atoms with Crippen LogP contribution in [0, 0.1) is 0 Å². The Balaban J connectivity index is 1.82. The first-order valence-corrected chi connectivity index (χ1v) is 8.51. The van der Waals surface area contributed by atoms with Crippen LogP contribution in [0.5, 0.6) is 5.75 Å². The van der Waals surface area contributed by atoms with E-state index < -0.39 is 0 Å². The molecular weight excluding hydrogens is 340 g/mol. The topological polar surface area (TPSA) is 58.6 Å². The van der Waals surface area contributed by atoms with Crippen LogP contribution < -0.4 is 10.1 Å². The summed E-state index contributed by atoms with van der Waals surface area (Å²) in [5, 5.41) is 3.17. The minimum absolute atomic E-state index is 0.0545. The number of methoxy groups -OCH3 is 1. The number of likely N-dealkylation sites (tertiary alicyclic amines) is 1. The standard InChI is InChI=1S/C19H19ClN2O3/c1-25-17-9-8-13(12-15(17)20)18(23)21-16-7-3-2-6-14(16)19(24)22-10-4-5-11-22/h2-3,6-9,12H,4-5,10-11H2,1H3,(H,21,23). The summed E-state index contributed by atoms with van der Waals surface area (Å²) < 4.78 is 5.09. The van der Waals surface area contributed by atoms with E-state index in [0.717, 1.165) is 25.9 Å². The Morgan fingerprint density at radius 1 is 1.12 bits per heavy atom. The zero-order valence-corrected chi connectivity index (χ0v) is 14.7. The van der Waals surface area contributed by atoms with Gasteiger partial charge in [0.25, 0.3) is 11.8 Å². The molecule has 3 rings (SSSR count). The molecule has 0 aromatic heterocycles. The first-order chi connectivity index (χ1) is 12.1. The van der Waals surface area contributed by atoms with Gasteiger partial charge in [0.2, 0.25) is 0 Å². The average molecular weight is 359 g/mol. The van der Waals surface area contributed by atoms with Gasteiger partial charge in [-0.1, -0.05) is 23.7 Å². The molecule has 1 aliphatic heterocycles. The van der Waals surface area contributed by atoms with E-state index in [1.165, 1.54) is 7.11 Å². The quantitative estimate of drug-likeness (QED) is 0.903. The van der Waals surface area contributed by atoms with Gasteiger partial charge in [-0.05, 0) is 43.2 Å². The van der Waals surface area contributed by atoms with Gasteiger partial charge in [0.1, 0.15) is 5.75 Å². The SMILES string of the molecule is COc1ccc(C(=O)Nc2ccccc2C(=O)N2CCCC2)cc1Cl. The van der Waals surface area contributed by atoms with Crippen LogP contribution in [0.1, 0.15) is 33.6 Å².